The second-order valence-corrected chi connectivity index (χ2v) is 5.39. The average Bonchev–Trinajstić information content (AvgIpc) is 2.44. The van der Waals surface area contributed by atoms with Crippen LogP contribution in [-0.4, -0.2) is 19.2 Å². The van der Waals surface area contributed by atoms with Gasteiger partial charge in [-0.2, -0.15) is 0 Å². The van der Waals surface area contributed by atoms with Gasteiger partial charge in [-0.15, -0.1) is 0 Å². The smallest absolute Gasteiger partial charge is 0.305 e. The van der Waals surface area contributed by atoms with Crippen molar-refractivity contribution in [1.82, 2.24) is 0 Å². The quantitative estimate of drug-likeness (QED) is 0.549. The SMILES string of the molecule is CCOC(=O)CCCCCOc1c(Cl)cc(Cl)cc1CN. The maximum atomic E-state index is 11.2. The van der Waals surface area contributed by atoms with Crippen molar-refractivity contribution in [3.05, 3.63) is 27.7 Å². The highest BCUT2D eigenvalue weighted by molar-refractivity contribution is 6.35. The average molecular weight is 334 g/mol. The number of rotatable bonds is 9. The van der Waals surface area contributed by atoms with Crippen molar-refractivity contribution in [3.8, 4) is 5.75 Å². The summed E-state index contributed by atoms with van der Waals surface area (Å²) in [4.78, 5) is 11.2. The highest BCUT2D eigenvalue weighted by atomic mass is 35.5. The van der Waals surface area contributed by atoms with Crippen molar-refractivity contribution in [2.75, 3.05) is 13.2 Å². The second-order valence-electron chi connectivity index (χ2n) is 4.54. The highest BCUT2D eigenvalue weighted by Gasteiger charge is 2.09. The molecule has 1 aromatic rings. The Morgan fingerprint density at radius 3 is 2.67 bits per heavy atom. The third kappa shape index (κ3) is 6.55. The molecule has 0 unspecified atom stereocenters. The van der Waals surface area contributed by atoms with Gasteiger partial charge >= 0.3 is 5.97 Å². The Bertz CT molecular complexity index is 466. The van der Waals surface area contributed by atoms with Crippen LogP contribution in [0.25, 0.3) is 0 Å². The molecule has 1 aromatic carbocycles. The first-order valence-electron chi connectivity index (χ1n) is 7.04. The summed E-state index contributed by atoms with van der Waals surface area (Å²) in [5.41, 5.74) is 6.44. The van der Waals surface area contributed by atoms with Crippen molar-refractivity contribution >= 4 is 29.2 Å². The molecule has 0 aliphatic rings. The third-order valence-corrected chi connectivity index (χ3v) is 3.38. The summed E-state index contributed by atoms with van der Waals surface area (Å²) in [6.45, 7) is 3.07. The van der Waals surface area contributed by atoms with Gasteiger partial charge in [-0.3, -0.25) is 4.79 Å². The fraction of sp³-hybridized carbons (Fsp3) is 0.533. The van der Waals surface area contributed by atoms with E-state index in [1.807, 2.05) is 0 Å². The molecular weight excluding hydrogens is 313 g/mol. The van der Waals surface area contributed by atoms with Gasteiger partial charge in [0, 0.05) is 23.6 Å². The highest BCUT2D eigenvalue weighted by Crippen LogP contribution is 2.32. The van der Waals surface area contributed by atoms with Crippen molar-refractivity contribution < 1.29 is 14.3 Å². The number of esters is 1. The van der Waals surface area contributed by atoms with Gasteiger partial charge in [0.2, 0.25) is 0 Å². The van der Waals surface area contributed by atoms with Crippen LogP contribution < -0.4 is 10.5 Å². The second kappa shape index (κ2) is 9.87. The molecule has 0 aliphatic heterocycles. The Kier molecular flexibility index (Phi) is 8.50. The fourth-order valence-electron chi connectivity index (χ4n) is 1.88. The minimum absolute atomic E-state index is 0.149. The van der Waals surface area contributed by atoms with Crippen LogP contribution in [0, 0.1) is 0 Å². The van der Waals surface area contributed by atoms with Crippen LogP contribution >= 0.6 is 23.2 Å². The van der Waals surface area contributed by atoms with E-state index in [-0.39, 0.29) is 5.97 Å². The number of carbonyl (C=O) groups is 1. The molecule has 0 heterocycles. The molecule has 0 aromatic heterocycles. The Labute approximate surface area is 135 Å². The van der Waals surface area contributed by atoms with Gasteiger partial charge < -0.3 is 15.2 Å². The molecule has 0 saturated heterocycles. The topological polar surface area (TPSA) is 61.5 Å². The Hall–Kier alpha value is -0.970. The van der Waals surface area contributed by atoms with E-state index in [1.54, 1.807) is 19.1 Å². The van der Waals surface area contributed by atoms with Gasteiger partial charge in [-0.25, -0.2) is 0 Å². The number of ether oxygens (including phenoxy) is 2. The van der Waals surface area contributed by atoms with E-state index in [0.29, 0.717) is 42.0 Å². The Balaban J connectivity index is 2.32. The van der Waals surface area contributed by atoms with Crippen LogP contribution in [0.5, 0.6) is 5.75 Å². The van der Waals surface area contributed by atoms with E-state index in [2.05, 4.69) is 0 Å². The van der Waals surface area contributed by atoms with Crippen molar-refractivity contribution in [1.29, 1.82) is 0 Å². The molecule has 4 nitrogen and oxygen atoms in total. The molecule has 0 amide bonds. The summed E-state index contributed by atoms with van der Waals surface area (Å²) in [5, 5.41) is 1.01. The van der Waals surface area contributed by atoms with Crippen LogP contribution in [0.15, 0.2) is 12.1 Å². The zero-order chi connectivity index (χ0) is 15.7. The van der Waals surface area contributed by atoms with Gasteiger partial charge in [0.05, 0.1) is 18.2 Å². The van der Waals surface area contributed by atoms with Crippen LogP contribution in [0.2, 0.25) is 10.0 Å². The number of benzene rings is 1. The predicted octanol–water partition coefficient (Wildman–Crippen LogP) is 3.95. The molecule has 118 valence electrons. The van der Waals surface area contributed by atoms with Gasteiger partial charge in [-0.05, 0) is 38.3 Å². The van der Waals surface area contributed by atoms with Crippen molar-refractivity contribution in [3.63, 3.8) is 0 Å². The number of hydrogen-bond donors (Lipinski definition) is 1. The number of halogens is 2. The molecule has 0 bridgehead atoms. The molecule has 0 radical (unpaired) electrons. The normalized spacial score (nSPS) is 10.5. The monoisotopic (exact) mass is 333 g/mol. The van der Waals surface area contributed by atoms with Gasteiger partial charge in [0.15, 0.2) is 0 Å². The molecule has 2 N–H and O–H groups in total. The molecule has 0 spiro atoms. The number of nitrogens with two attached hydrogens (primary N) is 1. The third-order valence-electron chi connectivity index (χ3n) is 2.88. The van der Waals surface area contributed by atoms with E-state index in [4.69, 9.17) is 38.4 Å². The van der Waals surface area contributed by atoms with E-state index in [0.717, 1.165) is 24.8 Å². The van der Waals surface area contributed by atoms with Crippen LogP contribution in [0.3, 0.4) is 0 Å². The van der Waals surface area contributed by atoms with Gasteiger partial charge in [0.25, 0.3) is 0 Å². The molecule has 0 saturated carbocycles. The number of carbonyl (C=O) groups excluding carboxylic acids is 1. The molecule has 6 heteroatoms. The summed E-state index contributed by atoms with van der Waals surface area (Å²) in [6, 6.07) is 3.39. The number of hydrogen-bond acceptors (Lipinski definition) is 4. The maximum absolute atomic E-state index is 11.2. The lowest BCUT2D eigenvalue weighted by atomic mass is 10.2. The fourth-order valence-corrected chi connectivity index (χ4v) is 2.47. The first-order valence-corrected chi connectivity index (χ1v) is 7.80. The number of unbranched alkanes of at least 4 members (excludes halogenated alkanes) is 2. The summed E-state index contributed by atoms with van der Waals surface area (Å²) in [5.74, 6) is 0.443. The summed E-state index contributed by atoms with van der Waals surface area (Å²) < 4.78 is 10.5. The zero-order valence-electron chi connectivity index (χ0n) is 12.2. The molecule has 1 rings (SSSR count). The molecule has 0 fully saturated rings. The van der Waals surface area contributed by atoms with Gasteiger partial charge in [0.1, 0.15) is 5.75 Å². The first-order chi connectivity index (χ1) is 10.1. The largest absolute Gasteiger partial charge is 0.492 e. The lowest BCUT2D eigenvalue weighted by Gasteiger charge is -2.12. The van der Waals surface area contributed by atoms with E-state index in [1.165, 1.54) is 0 Å². The van der Waals surface area contributed by atoms with Crippen molar-refractivity contribution in [2.45, 2.75) is 39.2 Å². The summed E-state index contributed by atoms with van der Waals surface area (Å²) in [7, 11) is 0. The predicted molar refractivity (Wildman–Crippen MR) is 84.9 cm³/mol. The molecule has 21 heavy (non-hydrogen) atoms. The summed E-state index contributed by atoms with van der Waals surface area (Å²) >= 11 is 12.0. The molecule has 0 atom stereocenters. The Morgan fingerprint density at radius 1 is 1.24 bits per heavy atom. The van der Waals surface area contributed by atoms with Crippen molar-refractivity contribution in [2.24, 2.45) is 5.73 Å². The maximum Gasteiger partial charge on any atom is 0.305 e. The molecular formula is C15H21Cl2NO3. The van der Waals surface area contributed by atoms with E-state index >= 15 is 0 Å². The molecule has 0 aliphatic carbocycles. The lowest BCUT2D eigenvalue weighted by molar-refractivity contribution is -0.143. The standard InChI is InChI=1S/C15H21Cl2NO3/c1-2-20-14(19)6-4-3-5-7-21-15-11(10-18)8-12(16)9-13(15)17/h8-9H,2-7,10,18H2,1H3. The van der Waals surface area contributed by atoms with Crippen LogP contribution in [-0.2, 0) is 16.1 Å². The summed E-state index contributed by atoms with van der Waals surface area (Å²) in [6.07, 6.45) is 2.97. The van der Waals surface area contributed by atoms with E-state index in [9.17, 15) is 4.79 Å². The van der Waals surface area contributed by atoms with Gasteiger partial charge in [-0.1, -0.05) is 23.2 Å². The minimum atomic E-state index is -0.149. The minimum Gasteiger partial charge on any atom is -0.492 e. The zero-order valence-corrected chi connectivity index (χ0v) is 13.7. The van der Waals surface area contributed by atoms with Crippen LogP contribution in [0.4, 0.5) is 0 Å². The van der Waals surface area contributed by atoms with E-state index < -0.39 is 0 Å². The lowest BCUT2D eigenvalue weighted by Crippen LogP contribution is -2.06. The first kappa shape index (κ1) is 18.1. The van der Waals surface area contributed by atoms with Crippen LogP contribution in [0.1, 0.15) is 38.2 Å². The Morgan fingerprint density at radius 2 is 2.00 bits per heavy atom.